The van der Waals surface area contributed by atoms with Crippen molar-refractivity contribution in [3.63, 3.8) is 0 Å². The molecule has 0 heterocycles. The second-order valence-electron chi connectivity index (χ2n) is 7.99. The van der Waals surface area contributed by atoms with Gasteiger partial charge in [0.2, 0.25) is 35.4 Å². The normalized spacial score (nSPS) is 11.8. The molecule has 0 bridgehead atoms. The average Bonchev–Trinajstić information content (AvgIpc) is 2.86. The van der Waals surface area contributed by atoms with Gasteiger partial charge in [-0.25, -0.2) is 4.79 Å². The minimum absolute atomic E-state index is 0.0707. The second-order valence-corrected chi connectivity index (χ2v) is 7.99. The van der Waals surface area contributed by atoms with Gasteiger partial charge in [-0.2, -0.15) is 0 Å². The first-order valence-electron chi connectivity index (χ1n) is 11.3. The van der Waals surface area contributed by atoms with E-state index in [0.717, 1.165) is 0 Å². The smallest absolute Gasteiger partial charge is 0.326 e. The van der Waals surface area contributed by atoms with Crippen LogP contribution in [0.2, 0.25) is 0 Å². The van der Waals surface area contributed by atoms with E-state index >= 15 is 0 Å². The monoisotopic (exact) mass is 537 g/mol. The molecule has 0 radical (unpaired) electrons. The molecule has 0 aliphatic rings. The second kappa shape index (κ2) is 16.1. The summed E-state index contributed by atoms with van der Waals surface area (Å²) in [6, 6.07) is 3.80. The number of hydrogen-bond donors (Lipinski definition) is 9. The van der Waals surface area contributed by atoms with Gasteiger partial charge in [0.25, 0.3) is 0 Å². The number of nitrogens with one attached hydrogen (secondary N) is 5. The average molecular weight is 538 g/mol. The number of hydrogen-bond acceptors (Lipinski definition) is 9. The Bertz CT molecular complexity index is 1030. The fourth-order valence-corrected chi connectivity index (χ4v) is 2.79. The van der Waals surface area contributed by atoms with Crippen molar-refractivity contribution in [2.45, 2.75) is 31.3 Å². The van der Waals surface area contributed by atoms with E-state index in [1.807, 2.05) is 0 Å². The van der Waals surface area contributed by atoms with Gasteiger partial charge in [0.05, 0.1) is 32.2 Å². The Morgan fingerprint density at radius 3 is 1.71 bits per heavy atom. The topological polar surface area (TPSA) is 272 Å². The predicted molar refractivity (Wildman–Crippen MR) is 130 cm³/mol. The predicted octanol–water partition coefficient (Wildman–Crippen LogP) is -4.44. The van der Waals surface area contributed by atoms with Gasteiger partial charge in [-0.05, 0) is 30.5 Å². The highest BCUT2D eigenvalue weighted by Gasteiger charge is 2.21. The standard InChI is InChI=1S/C22H31N7O9/c23-14(7-12-1-3-13(30)4-2-12)21(36)28-10-19(34)26-8-17(32)25-9-18(33)27-11-20(35)29-15(22(37)38)5-6-16(24)31/h1-4,14-15,30H,5-11,23H2,(H2,24,31)(H,25,32)(H,26,34)(H,27,33)(H,28,36)(H,29,35)(H,37,38)/t14-,15-/m0/s1. The highest BCUT2D eigenvalue weighted by molar-refractivity contribution is 5.92. The summed E-state index contributed by atoms with van der Waals surface area (Å²) >= 11 is 0. The zero-order valence-electron chi connectivity index (χ0n) is 20.3. The van der Waals surface area contributed by atoms with Crippen molar-refractivity contribution in [2.24, 2.45) is 11.5 Å². The summed E-state index contributed by atoms with van der Waals surface area (Å²) in [7, 11) is 0. The highest BCUT2D eigenvalue weighted by atomic mass is 16.4. The van der Waals surface area contributed by atoms with Gasteiger partial charge in [-0.15, -0.1) is 0 Å². The van der Waals surface area contributed by atoms with E-state index in [1.165, 1.54) is 12.1 Å². The maximum atomic E-state index is 12.0. The number of carboxylic acids is 1. The maximum absolute atomic E-state index is 12.0. The van der Waals surface area contributed by atoms with E-state index in [0.29, 0.717) is 5.56 Å². The lowest BCUT2D eigenvalue weighted by Crippen LogP contribution is -2.48. The summed E-state index contributed by atoms with van der Waals surface area (Å²) in [5, 5.41) is 29.4. The molecule has 1 aromatic rings. The summed E-state index contributed by atoms with van der Waals surface area (Å²) < 4.78 is 0. The molecule has 208 valence electrons. The van der Waals surface area contributed by atoms with Gasteiger partial charge >= 0.3 is 5.97 Å². The number of carbonyl (C=O) groups excluding carboxylic acids is 6. The van der Waals surface area contributed by atoms with E-state index in [9.17, 15) is 38.7 Å². The molecule has 0 spiro atoms. The SMILES string of the molecule is NC(=O)CC[C@H](NC(=O)CNC(=O)CNC(=O)CNC(=O)CNC(=O)[C@@H](N)Cc1ccc(O)cc1)C(=O)O. The molecule has 16 heteroatoms. The van der Waals surface area contributed by atoms with Crippen LogP contribution in [0.5, 0.6) is 5.75 Å². The van der Waals surface area contributed by atoms with Crippen LogP contribution in [0.3, 0.4) is 0 Å². The lowest BCUT2D eigenvalue weighted by Gasteiger charge is -2.14. The van der Waals surface area contributed by atoms with Crippen LogP contribution in [0.15, 0.2) is 24.3 Å². The minimum atomic E-state index is -1.38. The Hall–Kier alpha value is -4.73. The molecule has 2 atom stereocenters. The summed E-state index contributed by atoms with van der Waals surface area (Å²) in [5.74, 6) is -5.65. The number of primary amides is 1. The molecule has 1 rings (SSSR count). The van der Waals surface area contributed by atoms with E-state index in [2.05, 4.69) is 26.6 Å². The van der Waals surface area contributed by atoms with E-state index in [4.69, 9.17) is 16.6 Å². The lowest BCUT2D eigenvalue weighted by atomic mass is 10.1. The minimum Gasteiger partial charge on any atom is -0.508 e. The van der Waals surface area contributed by atoms with Crippen LogP contribution in [0.25, 0.3) is 0 Å². The van der Waals surface area contributed by atoms with Gasteiger partial charge in [0, 0.05) is 6.42 Å². The Balaban J connectivity index is 2.24. The van der Waals surface area contributed by atoms with E-state index in [1.54, 1.807) is 12.1 Å². The van der Waals surface area contributed by atoms with Crippen LogP contribution in [0.4, 0.5) is 0 Å². The molecule has 38 heavy (non-hydrogen) atoms. The van der Waals surface area contributed by atoms with Crippen molar-refractivity contribution < 1.29 is 43.8 Å². The molecule has 16 nitrogen and oxygen atoms in total. The first-order valence-corrected chi connectivity index (χ1v) is 11.3. The fourth-order valence-electron chi connectivity index (χ4n) is 2.79. The largest absolute Gasteiger partial charge is 0.508 e. The number of phenolic OH excluding ortho intramolecular Hbond substituents is 1. The van der Waals surface area contributed by atoms with Crippen LogP contribution in [0.1, 0.15) is 18.4 Å². The Kier molecular flexibility index (Phi) is 13.3. The summed E-state index contributed by atoms with van der Waals surface area (Å²) in [6.45, 7) is -2.06. The summed E-state index contributed by atoms with van der Waals surface area (Å²) in [6.07, 6.45) is -0.301. The molecule has 6 amide bonds. The first-order chi connectivity index (χ1) is 17.9. The van der Waals surface area contributed by atoms with Crippen LogP contribution in [-0.4, -0.2) is 89.9 Å². The fraction of sp³-hybridized carbons (Fsp3) is 0.409. The lowest BCUT2D eigenvalue weighted by molar-refractivity contribution is -0.142. The molecule has 0 unspecified atom stereocenters. The van der Waals surface area contributed by atoms with Crippen LogP contribution >= 0.6 is 0 Å². The van der Waals surface area contributed by atoms with Crippen molar-refractivity contribution in [1.29, 1.82) is 0 Å². The van der Waals surface area contributed by atoms with E-state index < -0.39 is 79.7 Å². The number of rotatable bonds is 16. The third-order valence-corrected chi connectivity index (χ3v) is 4.80. The Labute approximate surface area is 216 Å². The van der Waals surface area contributed by atoms with Crippen molar-refractivity contribution >= 4 is 41.4 Å². The van der Waals surface area contributed by atoms with Crippen molar-refractivity contribution in [1.82, 2.24) is 26.6 Å². The van der Waals surface area contributed by atoms with Crippen LogP contribution in [-0.2, 0) is 40.0 Å². The number of carbonyl (C=O) groups is 7. The number of amides is 6. The molecular weight excluding hydrogens is 506 g/mol. The molecule has 0 saturated carbocycles. The maximum Gasteiger partial charge on any atom is 0.326 e. The molecule has 0 saturated heterocycles. The number of aromatic hydroxyl groups is 1. The molecule has 0 aliphatic heterocycles. The molecule has 1 aromatic carbocycles. The zero-order chi connectivity index (χ0) is 28.7. The van der Waals surface area contributed by atoms with Crippen molar-refractivity contribution in [2.75, 3.05) is 26.2 Å². The van der Waals surface area contributed by atoms with Crippen LogP contribution < -0.4 is 38.1 Å². The molecule has 0 aliphatic carbocycles. The molecule has 0 aromatic heterocycles. The van der Waals surface area contributed by atoms with Crippen molar-refractivity contribution in [3.05, 3.63) is 29.8 Å². The third kappa shape index (κ3) is 13.4. The third-order valence-electron chi connectivity index (χ3n) is 4.80. The molecule has 11 N–H and O–H groups in total. The zero-order valence-corrected chi connectivity index (χ0v) is 20.3. The quantitative estimate of drug-likeness (QED) is 0.0975. The van der Waals surface area contributed by atoms with Gasteiger partial charge in [-0.1, -0.05) is 12.1 Å². The van der Waals surface area contributed by atoms with Gasteiger partial charge in [0.1, 0.15) is 11.8 Å². The number of phenols is 1. The van der Waals surface area contributed by atoms with Gasteiger partial charge < -0.3 is 48.3 Å². The van der Waals surface area contributed by atoms with Gasteiger partial charge in [-0.3, -0.25) is 28.8 Å². The van der Waals surface area contributed by atoms with Crippen molar-refractivity contribution in [3.8, 4) is 5.75 Å². The summed E-state index contributed by atoms with van der Waals surface area (Å²) in [4.78, 5) is 81.1. The first kappa shape index (κ1) is 31.3. The number of nitrogens with two attached hydrogens (primary N) is 2. The number of aliphatic carboxylic acids is 1. The van der Waals surface area contributed by atoms with Gasteiger partial charge in [0.15, 0.2) is 0 Å². The molecular formula is C22H31N7O9. The van der Waals surface area contributed by atoms with E-state index in [-0.39, 0.29) is 25.0 Å². The number of benzene rings is 1. The highest BCUT2D eigenvalue weighted by Crippen LogP contribution is 2.10. The number of carboxylic acid groups (broad SMARTS) is 1. The Morgan fingerprint density at radius 1 is 0.763 bits per heavy atom. The Morgan fingerprint density at radius 2 is 1.24 bits per heavy atom. The molecule has 0 fully saturated rings. The summed E-state index contributed by atoms with van der Waals surface area (Å²) in [5.41, 5.74) is 11.4. The van der Waals surface area contributed by atoms with Crippen LogP contribution in [0, 0.1) is 0 Å².